The van der Waals surface area contributed by atoms with Crippen molar-refractivity contribution in [3.63, 3.8) is 0 Å². The third-order valence-corrected chi connectivity index (χ3v) is 5.28. The molecule has 0 saturated carbocycles. The summed E-state index contributed by atoms with van der Waals surface area (Å²) in [7, 11) is -3.76. The molecule has 2 aromatic rings. The third-order valence-electron chi connectivity index (χ3n) is 2.37. The Morgan fingerprint density at radius 3 is 2.70 bits per heavy atom. The Morgan fingerprint density at radius 1 is 1.45 bits per heavy atom. The molecule has 0 saturated heterocycles. The molecule has 0 bridgehead atoms. The minimum atomic E-state index is -3.76. The van der Waals surface area contributed by atoms with Gasteiger partial charge >= 0.3 is 0 Å². The highest BCUT2D eigenvalue weighted by Gasteiger charge is 2.17. The van der Waals surface area contributed by atoms with E-state index in [0.717, 1.165) is 11.3 Å². The number of Topliss-reactive ketones (excluding diaryl/α,β-unsaturated/α-hetero) is 1. The molecule has 0 aliphatic heterocycles. The SMILES string of the molecule is CC(=O)c1csc(NS(=O)(=O)c2ccc(N)c(Br)c2)n1. The lowest BCUT2D eigenvalue weighted by Gasteiger charge is -2.06. The van der Waals surface area contributed by atoms with E-state index < -0.39 is 10.0 Å². The summed E-state index contributed by atoms with van der Waals surface area (Å²) in [5.41, 5.74) is 6.28. The molecule has 106 valence electrons. The first kappa shape index (κ1) is 14.9. The largest absolute Gasteiger partial charge is 0.398 e. The Bertz CT molecular complexity index is 771. The van der Waals surface area contributed by atoms with Gasteiger partial charge in [-0.15, -0.1) is 11.3 Å². The highest BCUT2D eigenvalue weighted by atomic mass is 79.9. The highest BCUT2D eigenvalue weighted by Crippen LogP contribution is 2.25. The summed E-state index contributed by atoms with van der Waals surface area (Å²) >= 11 is 4.22. The first-order valence-corrected chi connectivity index (χ1v) is 8.49. The van der Waals surface area contributed by atoms with Crippen molar-refractivity contribution < 1.29 is 13.2 Å². The van der Waals surface area contributed by atoms with Crippen LogP contribution in [0.25, 0.3) is 0 Å². The van der Waals surface area contributed by atoms with Crippen LogP contribution in [0.15, 0.2) is 32.9 Å². The number of nitrogens with one attached hydrogen (secondary N) is 1. The van der Waals surface area contributed by atoms with E-state index in [1.165, 1.54) is 30.5 Å². The summed E-state index contributed by atoms with van der Waals surface area (Å²) in [5.74, 6) is -0.220. The monoisotopic (exact) mass is 375 g/mol. The molecule has 0 aliphatic carbocycles. The van der Waals surface area contributed by atoms with Gasteiger partial charge in [0.25, 0.3) is 10.0 Å². The van der Waals surface area contributed by atoms with E-state index in [-0.39, 0.29) is 21.5 Å². The Labute approximate surface area is 128 Å². The normalized spacial score (nSPS) is 11.3. The van der Waals surface area contributed by atoms with E-state index in [0.29, 0.717) is 10.2 Å². The summed E-state index contributed by atoms with van der Waals surface area (Å²) in [4.78, 5) is 15.1. The number of nitrogens with two attached hydrogens (primary N) is 1. The molecule has 1 aromatic heterocycles. The van der Waals surface area contributed by atoms with Gasteiger partial charge in [0.15, 0.2) is 10.9 Å². The Hall–Kier alpha value is -1.45. The molecule has 1 heterocycles. The lowest BCUT2D eigenvalue weighted by molar-refractivity contribution is 0.101. The van der Waals surface area contributed by atoms with Crippen molar-refractivity contribution >= 4 is 53.9 Å². The van der Waals surface area contributed by atoms with Gasteiger partial charge in [-0.1, -0.05) is 0 Å². The van der Waals surface area contributed by atoms with Gasteiger partial charge in [-0.2, -0.15) is 0 Å². The number of sulfonamides is 1. The van der Waals surface area contributed by atoms with Crippen molar-refractivity contribution in [3.8, 4) is 0 Å². The third kappa shape index (κ3) is 3.17. The zero-order valence-corrected chi connectivity index (χ0v) is 13.5. The van der Waals surface area contributed by atoms with Crippen LogP contribution >= 0.6 is 27.3 Å². The minimum absolute atomic E-state index is 0.0538. The van der Waals surface area contributed by atoms with Crippen LogP contribution in [-0.4, -0.2) is 19.2 Å². The standard InChI is InChI=1S/C11H10BrN3O3S2/c1-6(16)10-5-19-11(14-10)15-20(17,18)7-2-3-9(13)8(12)4-7/h2-5H,13H2,1H3,(H,14,15). The van der Waals surface area contributed by atoms with E-state index in [9.17, 15) is 13.2 Å². The number of rotatable bonds is 4. The number of thiazole rings is 1. The fourth-order valence-corrected chi connectivity index (χ4v) is 3.89. The first-order chi connectivity index (χ1) is 9.29. The Kier molecular flexibility index (Phi) is 4.11. The average molecular weight is 376 g/mol. The number of benzene rings is 1. The van der Waals surface area contributed by atoms with Crippen LogP contribution in [0.1, 0.15) is 17.4 Å². The number of carbonyl (C=O) groups is 1. The van der Waals surface area contributed by atoms with Crippen molar-refractivity contribution in [2.75, 3.05) is 10.5 Å². The van der Waals surface area contributed by atoms with Gasteiger partial charge in [0.05, 0.1) is 4.90 Å². The number of anilines is 2. The smallest absolute Gasteiger partial charge is 0.263 e. The van der Waals surface area contributed by atoms with Crippen molar-refractivity contribution in [1.82, 2.24) is 4.98 Å². The quantitative estimate of drug-likeness (QED) is 0.631. The van der Waals surface area contributed by atoms with Crippen LogP contribution in [0.3, 0.4) is 0 Å². The summed E-state index contributed by atoms with van der Waals surface area (Å²) in [6.45, 7) is 1.37. The molecular weight excluding hydrogens is 366 g/mol. The van der Waals surface area contributed by atoms with Crippen molar-refractivity contribution in [1.29, 1.82) is 0 Å². The fourth-order valence-electron chi connectivity index (χ4n) is 1.33. The molecule has 9 heteroatoms. The maximum absolute atomic E-state index is 12.2. The lowest BCUT2D eigenvalue weighted by Crippen LogP contribution is -2.13. The number of ketones is 1. The zero-order chi connectivity index (χ0) is 14.9. The topological polar surface area (TPSA) is 102 Å². The molecule has 2 rings (SSSR count). The molecule has 0 amide bonds. The second kappa shape index (κ2) is 5.51. The minimum Gasteiger partial charge on any atom is -0.398 e. The second-order valence-corrected chi connectivity index (χ2v) is 7.28. The molecule has 0 radical (unpaired) electrons. The summed E-state index contributed by atoms with van der Waals surface area (Å²) < 4.78 is 27.1. The molecule has 6 nitrogen and oxygen atoms in total. The van der Waals surface area contributed by atoms with Crippen LogP contribution < -0.4 is 10.5 Å². The van der Waals surface area contributed by atoms with Gasteiger partial charge in [-0.25, -0.2) is 13.4 Å². The van der Waals surface area contributed by atoms with Gasteiger partial charge < -0.3 is 5.73 Å². The number of aromatic nitrogens is 1. The summed E-state index contributed by atoms with van der Waals surface area (Å²) in [6.07, 6.45) is 0. The number of nitrogens with zero attached hydrogens (tertiary/aromatic N) is 1. The van der Waals surface area contributed by atoms with Gasteiger partial charge in [0.2, 0.25) is 0 Å². The van der Waals surface area contributed by atoms with E-state index in [1.807, 2.05) is 0 Å². The van der Waals surface area contributed by atoms with Crippen LogP contribution in [0.4, 0.5) is 10.8 Å². The maximum atomic E-state index is 12.2. The van der Waals surface area contributed by atoms with Gasteiger partial charge in [0, 0.05) is 22.5 Å². The molecular formula is C11H10BrN3O3S2. The molecule has 0 aliphatic rings. The van der Waals surface area contributed by atoms with Crippen LogP contribution in [0, 0.1) is 0 Å². The molecule has 0 fully saturated rings. The summed E-state index contributed by atoms with van der Waals surface area (Å²) in [6, 6.07) is 4.28. The highest BCUT2D eigenvalue weighted by molar-refractivity contribution is 9.10. The van der Waals surface area contributed by atoms with Crippen molar-refractivity contribution in [2.24, 2.45) is 0 Å². The van der Waals surface area contributed by atoms with Crippen molar-refractivity contribution in [3.05, 3.63) is 33.7 Å². The van der Waals surface area contributed by atoms with Crippen LogP contribution in [0.5, 0.6) is 0 Å². The van der Waals surface area contributed by atoms with E-state index >= 15 is 0 Å². The first-order valence-electron chi connectivity index (χ1n) is 5.34. The number of hydrogen-bond donors (Lipinski definition) is 2. The summed E-state index contributed by atoms with van der Waals surface area (Å²) in [5, 5.41) is 1.64. The van der Waals surface area contributed by atoms with E-state index in [4.69, 9.17) is 5.73 Å². The van der Waals surface area contributed by atoms with Crippen LogP contribution in [0.2, 0.25) is 0 Å². The maximum Gasteiger partial charge on any atom is 0.263 e. The second-order valence-electron chi connectivity index (χ2n) is 3.88. The number of nitrogen functional groups attached to an aromatic ring is 1. The average Bonchev–Trinajstić information content (AvgIpc) is 2.80. The predicted molar refractivity (Wildman–Crippen MR) is 81.5 cm³/mol. The Morgan fingerprint density at radius 2 is 2.15 bits per heavy atom. The molecule has 3 N–H and O–H groups in total. The van der Waals surface area contributed by atoms with Gasteiger partial charge in [-0.3, -0.25) is 9.52 Å². The van der Waals surface area contributed by atoms with E-state index in [2.05, 4.69) is 25.6 Å². The Balaban J connectivity index is 2.30. The van der Waals surface area contributed by atoms with Crippen molar-refractivity contribution in [2.45, 2.75) is 11.8 Å². The fraction of sp³-hybridized carbons (Fsp3) is 0.0909. The number of carbonyl (C=O) groups excluding carboxylic acids is 1. The number of hydrogen-bond acceptors (Lipinski definition) is 6. The number of halogens is 1. The lowest BCUT2D eigenvalue weighted by atomic mass is 10.3. The zero-order valence-electron chi connectivity index (χ0n) is 10.3. The molecule has 0 unspecified atom stereocenters. The molecule has 20 heavy (non-hydrogen) atoms. The van der Waals surface area contributed by atoms with Crippen LogP contribution in [-0.2, 0) is 10.0 Å². The molecule has 1 aromatic carbocycles. The van der Waals surface area contributed by atoms with Gasteiger partial charge in [-0.05, 0) is 34.1 Å². The predicted octanol–water partition coefficient (Wildman–Crippen LogP) is 2.49. The molecule has 0 atom stereocenters. The molecule has 0 spiro atoms. The van der Waals surface area contributed by atoms with E-state index in [1.54, 1.807) is 0 Å². The van der Waals surface area contributed by atoms with Gasteiger partial charge in [0.1, 0.15) is 5.69 Å².